The van der Waals surface area contributed by atoms with Gasteiger partial charge in [0.2, 0.25) is 5.91 Å². The van der Waals surface area contributed by atoms with Crippen LogP contribution in [0.1, 0.15) is 27.5 Å². The van der Waals surface area contributed by atoms with Crippen LogP contribution in [0.3, 0.4) is 0 Å². The molecule has 1 aliphatic rings. The molecule has 0 aliphatic carbocycles. The molecule has 0 saturated heterocycles. The molecule has 32 heavy (non-hydrogen) atoms. The third kappa shape index (κ3) is 3.60. The van der Waals surface area contributed by atoms with Crippen LogP contribution in [0.5, 0.6) is 0 Å². The zero-order chi connectivity index (χ0) is 22.2. The first-order chi connectivity index (χ1) is 15.5. The maximum atomic E-state index is 13.5. The second-order valence-corrected chi connectivity index (χ2v) is 8.66. The van der Waals surface area contributed by atoms with Gasteiger partial charge in [0.05, 0.1) is 18.3 Å². The van der Waals surface area contributed by atoms with Crippen molar-refractivity contribution in [3.8, 4) is 0 Å². The Hall–Kier alpha value is -3.72. The fourth-order valence-corrected chi connectivity index (χ4v) is 4.78. The van der Waals surface area contributed by atoms with E-state index in [-0.39, 0.29) is 29.7 Å². The largest absolute Gasteiger partial charge is 0.459 e. The number of aromatic nitrogens is 2. The number of fused-ring (bicyclic) bond motifs is 2. The highest BCUT2D eigenvalue weighted by Crippen LogP contribution is 2.26. The lowest BCUT2D eigenvalue weighted by molar-refractivity contribution is -0.136. The first-order valence-corrected chi connectivity index (χ1v) is 11.0. The smallest absolute Gasteiger partial charge is 0.290 e. The number of amides is 2. The molecular formula is C23H20N4O4S. The monoisotopic (exact) mass is 448 g/mol. The third-order valence-electron chi connectivity index (χ3n) is 5.65. The zero-order valence-corrected chi connectivity index (χ0v) is 18.1. The van der Waals surface area contributed by atoms with Gasteiger partial charge in [-0.15, -0.1) is 11.3 Å². The number of hydrogen-bond donors (Lipinski definition) is 1. The third-order valence-corrected chi connectivity index (χ3v) is 6.56. The van der Waals surface area contributed by atoms with Crippen molar-refractivity contribution in [3.05, 3.63) is 87.2 Å². The number of thiophene rings is 1. The molecule has 8 nitrogen and oxygen atoms in total. The van der Waals surface area contributed by atoms with E-state index in [1.54, 1.807) is 30.1 Å². The lowest BCUT2D eigenvalue weighted by atomic mass is 9.93. The Morgan fingerprint density at radius 1 is 1.22 bits per heavy atom. The number of carbonyl (C=O) groups excluding carboxylic acids is 2. The molecule has 4 heterocycles. The molecule has 1 unspecified atom stereocenters. The van der Waals surface area contributed by atoms with Crippen molar-refractivity contribution >= 4 is 33.4 Å². The van der Waals surface area contributed by atoms with Gasteiger partial charge in [-0.2, -0.15) is 0 Å². The number of H-pyrrole nitrogens is 1. The first kappa shape index (κ1) is 20.2. The number of nitrogens with one attached hydrogen (secondary N) is 1. The Kier molecular flexibility index (Phi) is 5.10. The van der Waals surface area contributed by atoms with Gasteiger partial charge in [-0.05, 0) is 34.7 Å². The summed E-state index contributed by atoms with van der Waals surface area (Å²) in [6.45, 7) is 0.441. The van der Waals surface area contributed by atoms with Crippen LogP contribution >= 0.6 is 11.3 Å². The number of nitrogens with zero attached hydrogens (tertiary/aromatic N) is 3. The van der Waals surface area contributed by atoms with Crippen LogP contribution in [0.4, 0.5) is 0 Å². The standard InChI is InChI=1S/C23H20N4O4S/c1-26(13-19-24-16-8-10-32-20(16)21(28)25-19)22(29)17-11-14-5-2-3-6-15(14)12-27(17)23(30)18-7-4-9-31-18/h2-10,17H,11-13H2,1H3,(H,24,25,28). The molecule has 5 rings (SSSR count). The Balaban J connectivity index is 1.43. The molecule has 162 valence electrons. The Bertz CT molecular complexity index is 1360. The topological polar surface area (TPSA) is 99.5 Å². The van der Waals surface area contributed by atoms with Crippen LogP contribution in [0.15, 0.2) is 63.3 Å². The average molecular weight is 449 g/mol. The number of furan rings is 1. The van der Waals surface area contributed by atoms with E-state index in [2.05, 4.69) is 9.97 Å². The van der Waals surface area contributed by atoms with Crippen LogP contribution in [0, 0.1) is 0 Å². The van der Waals surface area contributed by atoms with Crippen molar-refractivity contribution in [2.45, 2.75) is 25.6 Å². The summed E-state index contributed by atoms with van der Waals surface area (Å²) in [4.78, 5) is 49.1. The highest BCUT2D eigenvalue weighted by Gasteiger charge is 2.37. The van der Waals surface area contributed by atoms with E-state index in [4.69, 9.17) is 4.42 Å². The molecule has 0 bridgehead atoms. The van der Waals surface area contributed by atoms with Gasteiger partial charge >= 0.3 is 0 Å². The summed E-state index contributed by atoms with van der Waals surface area (Å²) >= 11 is 1.33. The Morgan fingerprint density at radius 3 is 2.81 bits per heavy atom. The van der Waals surface area contributed by atoms with E-state index < -0.39 is 6.04 Å². The van der Waals surface area contributed by atoms with Crippen molar-refractivity contribution in [2.24, 2.45) is 0 Å². The molecule has 1 atom stereocenters. The quantitative estimate of drug-likeness (QED) is 0.518. The molecule has 1 N–H and O–H groups in total. The highest BCUT2D eigenvalue weighted by molar-refractivity contribution is 7.17. The summed E-state index contributed by atoms with van der Waals surface area (Å²) in [5.41, 5.74) is 2.43. The highest BCUT2D eigenvalue weighted by atomic mass is 32.1. The summed E-state index contributed by atoms with van der Waals surface area (Å²) in [7, 11) is 1.65. The summed E-state index contributed by atoms with van der Waals surface area (Å²) in [5, 5.41) is 1.81. The van der Waals surface area contributed by atoms with Gasteiger partial charge in [0.1, 0.15) is 16.6 Å². The molecule has 9 heteroatoms. The van der Waals surface area contributed by atoms with Crippen molar-refractivity contribution in [3.63, 3.8) is 0 Å². The van der Waals surface area contributed by atoms with E-state index in [1.807, 2.05) is 29.6 Å². The summed E-state index contributed by atoms with van der Waals surface area (Å²) in [6.07, 6.45) is 1.84. The first-order valence-electron chi connectivity index (χ1n) is 10.1. The van der Waals surface area contributed by atoms with Gasteiger partial charge in [-0.1, -0.05) is 24.3 Å². The van der Waals surface area contributed by atoms with Crippen molar-refractivity contribution < 1.29 is 14.0 Å². The van der Waals surface area contributed by atoms with Gasteiger partial charge in [0, 0.05) is 20.0 Å². The second-order valence-electron chi connectivity index (χ2n) is 7.74. The predicted octanol–water partition coefficient (Wildman–Crippen LogP) is 2.80. The van der Waals surface area contributed by atoms with Gasteiger partial charge in [0.15, 0.2) is 5.76 Å². The molecule has 2 amide bonds. The van der Waals surface area contributed by atoms with E-state index in [1.165, 1.54) is 22.5 Å². The van der Waals surface area contributed by atoms with Crippen LogP contribution in [-0.4, -0.2) is 44.7 Å². The maximum absolute atomic E-state index is 13.5. The van der Waals surface area contributed by atoms with E-state index in [0.29, 0.717) is 29.0 Å². The number of rotatable bonds is 4. The van der Waals surface area contributed by atoms with Gasteiger partial charge < -0.3 is 19.2 Å². The molecule has 4 aromatic rings. The van der Waals surface area contributed by atoms with Crippen molar-refractivity contribution in [2.75, 3.05) is 7.05 Å². The number of aromatic amines is 1. The molecular weight excluding hydrogens is 428 g/mol. The number of hydrogen-bond acceptors (Lipinski definition) is 6. The minimum Gasteiger partial charge on any atom is -0.459 e. The van der Waals surface area contributed by atoms with Crippen LogP contribution in [0.25, 0.3) is 10.2 Å². The average Bonchev–Trinajstić information content (AvgIpc) is 3.49. The number of likely N-dealkylation sites (N-methyl/N-ethyl adjacent to an activating group) is 1. The predicted molar refractivity (Wildman–Crippen MR) is 119 cm³/mol. The van der Waals surface area contributed by atoms with Gasteiger partial charge in [-0.25, -0.2) is 4.98 Å². The van der Waals surface area contributed by atoms with Crippen molar-refractivity contribution in [1.29, 1.82) is 0 Å². The Labute approximate surface area is 187 Å². The fourth-order valence-electron chi connectivity index (χ4n) is 4.05. The fraction of sp³-hybridized carbons (Fsp3) is 0.217. The van der Waals surface area contributed by atoms with E-state index >= 15 is 0 Å². The molecule has 0 fully saturated rings. The van der Waals surface area contributed by atoms with Crippen LogP contribution < -0.4 is 5.56 Å². The molecule has 0 saturated carbocycles. The van der Waals surface area contributed by atoms with Crippen LogP contribution in [-0.2, 0) is 24.3 Å². The summed E-state index contributed by atoms with van der Waals surface area (Å²) in [6, 6.07) is 12.1. The minimum atomic E-state index is -0.691. The normalized spacial score (nSPS) is 15.5. The van der Waals surface area contributed by atoms with E-state index in [0.717, 1.165) is 11.1 Å². The molecule has 1 aromatic carbocycles. The molecule has 1 aliphatic heterocycles. The van der Waals surface area contributed by atoms with E-state index in [9.17, 15) is 14.4 Å². The van der Waals surface area contributed by atoms with Gasteiger partial charge in [0.25, 0.3) is 11.5 Å². The number of carbonyl (C=O) groups is 2. The second kappa shape index (κ2) is 8.08. The van der Waals surface area contributed by atoms with Crippen molar-refractivity contribution in [1.82, 2.24) is 19.8 Å². The summed E-state index contributed by atoms with van der Waals surface area (Å²) in [5.74, 6) is 0.0329. The lowest BCUT2D eigenvalue weighted by Crippen LogP contribution is -2.52. The van der Waals surface area contributed by atoms with Crippen LogP contribution in [0.2, 0.25) is 0 Å². The number of benzene rings is 1. The molecule has 0 radical (unpaired) electrons. The minimum absolute atomic E-state index is 0.126. The maximum Gasteiger partial charge on any atom is 0.290 e. The SMILES string of the molecule is CN(Cc1nc2ccsc2c(=O)[nH]1)C(=O)C1Cc2ccccc2CN1C(=O)c1ccco1. The Morgan fingerprint density at radius 2 is 2.03 bits per heavy atom. The summed E-state index contributed by atoms with van der Waals surface area (Å²) < 4.78 is 5.86. The molecule has 3 aromatic heterocycles. The lowest BCUT2D eigenvalue weighted by Gasteiger charge is -2.37. The molecule has 0 spiro atoms. The van der Waals surface area contributed by atoms with Gasteiger partial charge in [-0.3, -0.25) is 14.4 Å². The zero-order valence-electron chi connectivity index (χ0n) is 17.3.